The minimum atomic E-state index is 0.454. The van der Waals surface area contributed by atoms with Crippen molar-refractivity contribution in [2.75, 3.05) is 13.6 Å². The molecule has 96 valence electrons. The third kappa shape index (κ3) is 4.44. The molecule has 2 N–H and O–H groups in total. The van der Waals surface area contributed by atoms with Gasteiger partial charge < -0.3 is 5.73 Å². The maximum Gasteiger partial charge on any atom is 0.0312 e. The van der Waals surface area contributed by atoms with E-state index in [1.807, 2.05) is 18.5 Å². The van der Waals surface area contributed by atoms with Gasteiger partial charge in [-0.3, -0.25) is 9.88 Å². The first-order valence-electron chi connectivity index (χ1n) is 6.48. The first-order chi connectivity index (χ1) is 8.19. The molecule has 0 radical (unpaired) electrons. The fraction of sp³-hybridized carbons (Fsp3) is 0.643. The third-order valence-electron chi connectivity index (χ3n) is 3.36. The molecule has 3 heteroatoms. The standard InChI is InChI=1S/C14H25N3/c1-4-6-12(2)14(9-15)17(3)11-13-7-5-8-16-10-13/h5,7-8,10,12,14H,4,6,9,11,15H2,1-3H3. The summed E-state index contributed by atoms with van der Waals surface area (Å²) in [5.74, 6) is 0.645. The van der Waals surface area contributed by atoms with Crippen LogP contribution in [0.15, 0.2) is 24.5 Å². The smallest absolute Gasteiger partial charge is 0.0312 e. The van der Waals surface area contributed by atoms with Crippen molar-refractivity contribution in [3.8, 4) is 0 Å². The number of hydrogen-bond donors (Lipinski definition) is 1. The van der Waals surface area contributed by atoms with Gasteiger partial charge in [-0.1, -0.05) is 26.3 Å². The largest absolute Gasteiger partial charge is 0.329 e. The minimum Gasteiger partial charge on any atom is -0.329 e. The van der Waals surface area contributed by atoms with Crippen molar-refractivity contribution >= 4 is 0 Å². The molecule has 2 unspecified atom stereocenters. The van der Waals surface area contributed by atoms with Gasteiger partial charge in [0, 0.05) is 31.5 Å². The Labute approximate surface area is 105 Å². The molecule has 0 spiro atoms. The lowest BCUT2D eigenvalue weighted by atomic mass is 9.95. The van der Waals surface area contributed by atoms with Crippen LogP contribution in [0.2, 0.25) is 0 Å². The summed E-state index contributed by atoms with van der Waals surface area (Å²) < 4.78 is 0. The van der Waals surface area contributed by atoms with E-state index in [-0.39, 0.29) is 0 Å². The van der Waals surface area contributed by atoms with Gasteiger partial charge in [0.1, 0.15) is 0 Å². The first-order valence-corrected chi connectivity index (χ1v) is 6.48. The zero-order valence-electron chi connectivity index (χ0n) is 11.3. The average molecular weight is 235 g/mol. The van der Waals surface area contributed by atoms with Crippen LogP contribution < -0.4 is 5.73 Å². The molecule has 3 nitrogen and oxygen atoms in total. The van der Waals surface area contributed by atoms with E-state index < -0.39 is 0 Å². The molecule has 0 aliphatic heterocycles. The van der Waals surface area contributed by atoms with E-state index in [1.54, 1.807) is 0 Å². The number of hydrogen-bond acceptors (Lipinski definition) is 3. The molecule has 2 atom stereocenters. The summed E-state index contributed by atoms with van der Waals surface area (Å²) in [5.41, 5.74) is 7.15. The number of nitrogens with zero attached hydrogens (tertiary/aromatic N) is 2. The quantitative estimate of drug-likeness (QED) is 0.788. The van der Waals surface area contributed by atoms with Crippen LogP contribution in [0.4, 0.5) is 0 Å². The lowest BCUT2D eigenvalue weighted by Crippen LogP contribution is -2.42. The molecule has 0 amide bonds. The van der Waals surface area contributed by atoms with E-state index >= 15 is 0 Å². The monoisotopic (exact) mass is 235 g/mol. The Morgan fingerprint density at radius 3 is 2.76 bits per heavy atom. The summed E-state index contributed by atoms with van der Waals surface area (Å²) >= 11 is 0. The van der Waals surface area contributed by atoms with E-state index in [1.165, 1.54) is 18.4 Å². The fourth-order valence-electron chi connectivity index (χ4n) is 2.39. The van der Waals surface area contributed by atoms with Gasteiger partial charge in [-0.15, -0.1) is 0 Å². The van der Waals surface area contributed by atoms with E-state index in [0.717, 1.165) is 13.1 Å². The van der Waals surface area contributed by atoms with Gasteiger partial charge in [0.15, 0.2) is 0 Å². The summed E-state index contributed by atoms with van der Waals surface area (Å²) in [6.07, 6.45) is 6.19. The van der Waals surface area contributed by atoms with E-state index in [4.69, 9.17) is 5.73 Å². The topological polar surface area (TPSA) is 42.1 Å². The second-order valence-corrected chi connectivity index (χ2v) is 4.85. The van der Waals surface area contributed by atoms with Gasteiger partial charge in [-0.05, 0) is 31.0 Å². The molecule has 0 aliphatic rings. The predicted octanol–water partition coefficient (Wildman–Crippen LogP) is 2.28. The lowest BCUT2D eigenvalue weighted by molar-refractivity contribution is 0.174. The minimum absolute atomic E-state index is 0.454. The molecular weight excluding hydrogens is 210 g/mol. The van der Waals surface area contributed by atoms with Crippen molar-refractivity contribution in [3.05, 3.63) is 30.1 Å². The molecule has 0 aromatic carbocycles. The van der Waals surface area contributed by atoms with Gasteiger partial charge >= 0.3 is 0 Å². The highest BCUT2D eigenvalue weighted by molar-refractivity contribution is 5.08. The molecular formula is C14H25N3. The first kappa shape index (κ1) is 14.1. The molecule has 0 aliphatic carbocycles. The molecule has 1 aromatic rings. The Bertz CT molecular complexity index is 300. The summed E-state index contributed by atoms with van der Waals surface area (Å²) in [5, 5.41) is 0. The third-order valence-corrected chi connectivity index (χ3v) is 3.36. The van der Waals surface area contributed by atoms with E-state index in [9.17, 15) is 0 Å². The Morgan fingerprint density at radius 1 is 1.47 bits per heavy atom. The van der Waals surface area contributed by atoms with Gasteiger partial charge in [0.05, 0.1) is 0 Å². The summed E-state index contributed by atoms with van der Waals surface area (Å²) in [4.78, 5) is 6.49. The van der Waals surface area contributed by atoms with Crippen LogP contribution >= 0.6 is 0 Å². The van der Waals surface area contributed by atoms with Gasteiger partial charge in [-0.25, -0.2) is 0 Å². The van der Waals surface area contributed by atoms with E-state index in [2.05, 4.69) is 36.8 Å². The van der Waals surface area contributed by atoms with Crippen molar-refractivity contribution in [1.82, 2.24) is 9.88 Å². The van der Waals surface area contributed by atoms with Gasteiger partial charge in [0.2, 0.25) is 0 Å². The average Bonchev–Trinajstić information content (AvgIpc) is 2.31. The highest BCUT2D eigenvalue weighted by atomic mass is 15.1. The van der Waals surface area contributed by atoms with Crippen molar-refractivity contribution in [3.63, 3.8) is 0 Å². The Hall–Kier alpha value is -0.930. The molecule has 17 heavy (non-hydrogen) atoms. The Morgan fingerprint density at radius 2 is 2.24 bits per heavy atom. The van der Waals surface area contributed by atoms with Crippen molar-refractivity contribution in [2.45, 2.75) is 39.3 Å². The lowest BCUT2D eigenvalue weighted by Gasteiger charge is -2.31. The van der Waals surface area contributed by atoms with E-state index in [0.29, 0.717) is 12.0 Å². The second kappa shape index (κ2) is 7.41. The SMILES string of the molecule is CCCC(C)C(CN)N(C)Cc1cccnc1. The molecule has 1 heterocycles. The summed E-state index contributed by atoms with van der Waals surface area (Å²) in [6.45, 7) is 6.16. The van der Waals surface area contributed by atoms with Crippen LogP contribution in [0.1, 0.15) is 32.3 Å². The summed E-state index contributed by atoms with van der Waals surface area (Å²) in [6, 6.07) is 4.55. The van der Waals surface area contributed by atoms with Crippen molar-refractivity contribution in [2.24, 2.45) is 11.7 Å². The van der Waals surface area contributed by atoms with Crippen LogP contribution in [0.5, 0.6) is 0 Å². The van der Waals surface area contributed by atoms with Crippen LogP contribution in [0, 0.1) is 5.92 Å². The van der Waals surface area contributed by atoms with Gasteiger partial charge in [-0.2, -0.15) is 0 Å². The number of aromatic nitrogens is 1. The maximum absolute atomic E-state index is 5.90. The van der Waals surface area contributed by atoms with Gasteiger partial charge in [0.25, 0.3) is 0 Å². The normalized spacial score (nSPS) is 14.9. The molecule has 0 saturated carbocycles. The number of likely N-dealkylation sites (N-methyl/N-ethyl adjacent to an activating group) is 1. The Kier molecular flexibility index (Phi) is 6.16. The molecule has 0 bridgehead atoms. The highest BCUT2D eigenvalue weighted by Gasteiger charge is 2.19. The molecule has 1 aromatic heterocycles. The number of nitrogens with two attached hydrogens (primary N) is 1. The molecule has 0 fully saturated rings. The fourth-order valence-corrected chi connectivity index (χ4v) is 2.39. The molecule has 1 rings (SSSR count). The van der Waals surface area contributed by atoms with Crippen molar-refractivity contribution in [1.29, 1.82) is 0 Å². The van der Waals surface area contributed by atoms with Crippen LogP contribution in [-0.2, 0) is 6.54 Å². The second-order valence-electron chi connectivity index (χ2n) is 4.85. The zero-order valence-corrected chi connectivity index (χ0v) is 11.3. The summed E-state index contributed by atoms with van der Waals surface area (Å²) in [7, 11) is 2.15. The number of rotatable bonds is 7. The zero-order chi connectivity index (χ0) is 12.7. The predicted molar refractivity (Wildman–Crippen MR) is 72.6 cm³/mol. The van der Waals surface area contributed by atoms with Crippen LogP contribution in [0.3, 0.4) is 0 Å². The number of pyridine rings is 1. The van der Waals surface area contributed by atoms with Crippen LogP contribution in [0.25, 0.3) is 0 Å². The maximum atomic E-state index is 5.90. The van der Waals surface area contributed by atoms with Crippen molar-refractivity contribution < 1.29 is 0 Å². The Balaban J connectivity index is 2.57. The highest BCUT2D eigenvalue weighted by Crippen LogP contribution is 2.16. The van der Waals surface area contributed by atoms with Crippen LogP contribution in [-0.4, -0.2) is 29.5 Å². The molecule has 0 saturated heterocycles.